The van der Waals surface area contributed by atoms with E-state index in [4.69, 9.17) is 14.9 Å². The first-order valence-corrected chi connectivity index (χ1v) is 7.55. The van der Waals surface area contributed by atoms with E-state index in [-0.39, 0.29) is 16.9 Å². The van der Waals surface area contributed by atoms with Gasteiger partial charge in [0.2, 0.25) is 0 Å². The van der Waals surface area contributed by atoms with Crippen LogP contribution in [0.4, 0.5) is 5.69 Å². The highest BCUT2D eigenvalue weighted by molar-refractivity contribution is 6.10. The number of nitriles is 1. The number of hydrogen-bond donors (Lipinski definition) is 1. The smallest absolute Gasteiger partial charge is 0.357 e. The number of anilines is 1. The van der Waals surface area contributed by atoms with Crippen LogP contribution in [0.5, 0.6) is 0 Å². The van der Waals surface area contributed by atoms with Crippen molar-refractivity contribution in [3.63, 3.8) is 0 Å². The first-order chi connectivity index (χ1) is 12.2. The first-order valence-electron chi connectivity index (χ1n) is 7.55. The number of esters is 1. The molecule has 0 saturated heterocycles. The minimum Gasteiger partial charge on any atom is -0.464 e. The monoisotopic (exact) mass is 331 g/mol. The van der Waals surface area contributed by atoms with Gasteiger partial charge in [0.15, 0.2) is 5.69 Å². The van der Waals surface area contributed by atoms with Gasteiger partial charge in [0.1, 0.15) is 17.2 Å². The normalized spacial score (nSPS) is 10.9. The fourth-order valence-corrected chi connectivity index (χ4v) is 3.06. The minimum absolute atomic E-state index is 0.0964. The Bertz CT molecular complexity index is 1180. The molecule has 25 heavy (non-hydrogen) atoms. The Kier molecular flexibility index (Phi) is 3.22. The van der Waals surface area contributed by atoms with Gasteiger partial charge >= 0.3 is 5.97 Å². The molecule has 0 spiro atoms. The second-order valence-electron chi connectivity index (χ2n) is 5.53. The number of carbonyl (C=O) groups excluding carboxylic acids is 1. The van der Waals surface area contributed by atoms with Crippen molar-refractivity contribution in [2.45, 2.75) is 0 Å². The average Bonchev–Trinajstić information content (AvgIpc) is 3.18. The Labute approximate surface area is 142 Å². The molecule has 2 aromatic heterocycles. The molecule has 2 aromatic carbocycles. The molecule has 6 nitrogen and oxygen atoms in total. The minimum atomic E-state index is -0.608. The van der Waals surface area contributed by atoms with Crippen LogP contribution in [0.3, 0.4) is 0 Å². The van der Waals surface area contributed by atoms with E-state index < -0.39 is 5.97 Å². The third kappa shape index (κ3) is 2.07. The molecular weight excluding hydrogens is 318 g/mol. The van der Waals surface area contributed by atoms with Gasteiger partial charge in [-0.3, -0.25) is 0 Å². The molecule has 6 heteroatoms. The maximum atomic E-state index is 12.2. The zero-order valence-electron chi connectivity index (χ0n) is 13.3. The van der Waals surface area contributed by atoms with Crippen molar-refractivity contribution in [3.05, 3.63) is 59.9 Å². The fourth-order valence-electron chi connectivity index (χ4n) is 3.06. The Morgan fingerprint density at radius 1 is 1.20 bits per heavy atom. The number of fused-ring (bicyclic) bond motifs is 3. The van der Waals surface area contributed by atoms with Crippen molar-refractivity contribution in [1.29, 1.82) is 5.26 Å². The van der Waals surface area contributed by atoms with Crippen LogP contribution in [-0.4, -0.2) is 17.6 Å². The molecule has 0 unspecified atom stereocenters. The summed E-state index contributed by atoms with van der Waals surface area (Å²) in [6, 6.07) is 15.2. The lowest BCUT2D eigenvalue weighted by atomic mass is 10.1. The number of nitrogens with zero attached hydrogens (tertiary/aromatic N) is 2. The second kappa shape index (κ2) is 5.42. The van der Waals surface area contributed by atoms with Gasteiger partial charge in [-0.05, 0) is 18.2 Å². The fraction of sp³-hybridized carbons (Fsp3) is 0.0526. The van der Waals surface area contributed by atoms with Crippen molar-refractivity contribution in [1.82, 2.24) is 4.57 Å². The highest BCUT2D eigenvalue weighted by Gasteiger charge is 2.23. The molecule has 4 aromatic rings. The molecule has 0 aliphatic carbocycles. The molecule has 0 aliphatic rings. The summed E-state index contributed by atoms with van der Waals surface area (Å²) in [4.78, 5) is 12.2. The van der Waals surface area contributed by atoms with Crippen molar-refractivity contribution in [2.24, 2.45) is 0 Å². The number of ether oxygens (including phenoxy) is 1. The average molecular weight is 331 g/mol. The second-order valence-corrected chi connectivity index (χ2v) is 5.53. The molecule has 4 rings (SSSR count). The zero-order chi connectivity index (χ0) is 17.6. The van der Waals surface area contributed by atoms with E-state index in [0.29, 0.717) is 11.3 Å². The number of aromatic nitrogens is 1. The van der Waals surface area contributed by atoms with Crippen molar-refractivity contribution < 1.29 is 13.9 Å². The number of rotatable bonds is 2. The van der Waals surface area contributed by atoms with E-state index in [0.717, 1.165) is 16.4 Å². The topological polar surface area (TPSA) is 94.2 Å². The lowest BCUT2D eigenvalue weighted by Gasteiger charge is -2.09. The Balaban J connectivity index is 2.13. The standard InChI is InChI=1S/C19H13N3O3/c1-24-19(23)18-17(21)11(9-20)10-22(18)13-6-4-8-15-16(13)12-5-2-3-7-14(12)25-15/h2-8,10H,21H2,1H3. The van der Waals surface area contributed by atoms with Gasteiger partial charge in [0.25, 0.3) is 0 Å². The van der Waals surface area contributed by atoms with Crippen molar-refractivity contribution in [2.75, 3.05) is 12.8 Å². The summed E-state index contributed by atoms with van der Waals surface area (Å²) in [6.45, 7) is 0. The van der Waals surface area contributed by atoms with Gasteiger partial charge in [-0.2, -0.15) is 5.26 Å². The summed E-state index contributed by atoms with van der Waals surface area (Å²) in [7, 11) is 1.28. The van der Waals surface area contributed by atoms with Crippen LogP contribution >= 0.6 is 0 Å². The Morgan fingerprint density at radius 2 is 1.96 bits per heavy atom. The molecule has 2 N–H and O–H groups in total. The van der Waals surface area contributed by atoms with Crippen molar-refractivity contribution >= 4 is 33.6 Å². The predicted molar refractivity (Wildman–Crippen MR) is 93.5 cm³/mol. The van der Waals surface area contributed by atoms with Crippen LogP contribution in [0.15, 0.2) is 53.1 Å². The Hall–Kier alpha value is -3.72. The lowest BCUT2D eigenvalue weighted by molar-refractivity contribution is 0.0593. The number of nitrogen functional groups attached to an aromatic ring is 1. The largest absolute Gasteiger partial charge is 0.464 e. The summed E-state index contributed by atoms with van der Waals surface area (Å²) in [5, 5.41) is 11.0. The van der Waals surface area contributed by atoms with E-state index in [2.05, 4.69) is 0 Å². The highest BCUT2D eigenvalue weighted by Crippen LogP contribution is 2.35. The van der Waals surface area contributed by atoms with E-state index in [9.17, 15) is 10.1 Å². The molecule has 0 bridgehead atoms. The van der Waals surface area contributed by atoms with Crippen LogP contribution < -0.4 is 5.73 Å². The van der Waals surface area contributed by atoms with Gasteiger partial charge in [-0.25, -0.2) is 4.79 Å². The number of nitrogens with two attached hydrogens (primary N) is 1. The summed E-state index contributed by atoms with van der Waals surface area (Å²) < 4.78 is 12.3. The third-order valence-corrected chi connectivity index (χ3v) is 4.18. The summed E-state index contributed by atoms with van der Waals surface area (Å²) in [5.74, 6) is -0.608. The number of furan rings is 1. The number of methoxy groups -OCH3 is 1. The van der Waals surface area contributed by atoms with Crippen LogP contribution in [0.2, 0.25) is 0 Å². The number of hydrogen-bond acceptors (Lipinski definition) is 5. The highest BCUT2D eigenvalue weighted by atomic mass is 16.5. The molecule has 0 atom stereocenters. The van der Waals surface area contributed by atoms with E-state index in [1.165, 1.54) is 13.3 Å². The molecule has 0 aliphatic heterocycles. The predicted octanol–water partition coefficient (Wildman–Crippen LogP) is 3.62. The third-order valence-electron chi connectivity index (χ3n) is 4.18. The first kappa shape index (κ1) is 14.8. The number of benzene rings is 2. The van der Waals surface area contributed by atoms with E-state index in [1.807, 2.05) is 48.5 Å². The Morgan fingerprint density at radius 3 is 2.72 bits per heavy atom. The van der Waals surface area contributed by atoms with Crippen LogP contribution in [0, 0.1) is 11.3 Å². The molecule has 0 radical (unpaired) electrons. The number of carbonyl (C=O) groups is 1. The van der Waals surface area contributed by atoms with E-state index >= 15 is 0 Å². The molecule has 2 heterocycles. The quantitative estimate of drug-likeness (QED) is 0.566. The maximum absolute atomic E-state index is 12.2. The molecule has 0 saturated carbocycles. The SMILES string of the molecule is COC(=O)c1c(N)c(C#N)cn1-c1cccc2oc3ccccc3c12. The molecular formula is C19H13N3O3. The van der Waals surface area contributed by atoms with Gasteiger partial charge < -0.3 is 19.5 Å². The lowest BCUT2D eigenvalue weighted by Crippen LogP contribution is -2.11. The summed E-state index contributed by atoms with van der Waals surface area (Å²) in [6.07, 6.45) is 1.54. The van der Waals surface area contributed by atoms with E-state index in [1.54, 1.807) is 4.57 Å². The van der Waals surface area contributed by atoms with Gasteiger partial charge in [0, 0.05) is 11.6 Å². The molecule has 122 valence electrons. The molecule has 0 amide bonds. The molecule has 0 fully saturated rings. The van der Waals surface area contributed by atoms with Crippen LogP contribution in [-0.2, 0) is 4.74 Å². The van der Waals surface area contributed by atoms with Crippen LogP contribution in [0.1, 0.15) is 16.1 Å². The van der Waals surface area contributed by atoms with Gasteiger partial charge in [0.05, 0.1) is 29.4 Å². The maximum Gasteiger partial charge on any atom is 0.357 e. The summed E-state index contributed by atoms with van der Waals surface area (Å²) in [5.41, 5.74) is 8.54. The van der Waals surface area contributed by atoms with Crippen LogP contribution in [0.25, 0.3) is 27.6 Å². The summed E-state index contributed by atoms with van der Waals surface area (Å²) >= 11 is 0. The number of para-hydroxylation sites is 1. The van der Waals surface area contributed by atoms with Crippen molar-refractivity contribution in [3.8, 4) is 11.8 Å². The zero-order valence-corrected chi connectivity index (χ0v) is 13.3. The van der Waals surface area contributed by atoms with Gasteiger partial charge in [-0.1, -0.05) is 24.3 Å². The van der Waals surface area contributed by atoms with Gasteiger partial charge in [-0.15, -0.1) is 0 Å².